The highest BCUT2D eigenvalue weighted by atomic mass is 79.9. The normalized spacial score (nSPS) is 25.9. The van der Waals surface area contributed by atoms with E-state index in [9.17, 15) is 0 Å². The van der Waals surface area contributed by atoms with Crippen molar-refractivity contribution in [2.45, 2.75) is 12.0 Å². The van der Waals surface area contributed by atoms with Crippen molar-refractivity contribution in [2.24, 2.45) is 5.73 Å². The molecule has 1 aliphatic carbocycles. The van der Waals surface area contributed by atoms with Crippen LogP contribution in [0.5, 0.6) is 11.5 Å². The Morgan fingerprint density at radius 2 is 2.06 bits per heavy atom. The summed E-state index contributed by atoms with van der Waals surface area (Å²) in [5.74, 6) is 1.56. The highest BCUT2D eigenvalue weighted by Gasteiger charge is 2.27. The molecule has 1 atom stereocenters. The molecule has 0 spiro atoms. The van der Waals surface area contributed by atoms with Gasteiger partial charge >= 0.3 is 0 Å². The lowest BCUT2D eigenvalue weighted by Crippen LogP contribution is -2.34. The van der Waals surface area contributed by atoms with E-state index in [0.29, 0.717) is 0 Å². The lowest BCUT2D eigenvalue weighted by atomic mass is 9.85. The van der Waals surface area contributed by atoms with Gasteiger partial charge in [-0.15, -0.1) is 0 Å². The minimum atomic E-state index is -0.460. The van der Waals surface area contributed by atoms with Crippen molar-refractivity contribution in [3.8, 4) is 11.5 Å². The van der Waals surface area contributed by atoms with E-state index in [1.165, 1.54) is 0 Å². The van der Waals surface area contributed by atoms with Gasteiger partial charge in [0, 0.05) is 4.48 Å². The maximum atomic E-state index is 6.39. The van der Waals surface area contributed by atoms with Gasteiger partial charge in [-0.25, -0.2) is 0 Å². The first-order valence-corrected chi connectivity index (χ1v) is 6.21. The van der Waals surface area contributed by atoms with Gasteiger partial charge in [-0.3, -0.25) is 0 Å². The summed E-state index contributed by atoms with van der Waals surface area (Å²) < 4.78 is 11.7. The minimum Gasteiger partial charge on any atom is -0.454 e. The molecule has 0 aromatic heterocycles. The maximum absolute atomic E-state index is 6.39. The van der Waals surface area contributed by atoms with Crippen molar-refractivity contribution >= 4 is 15.9 Å². The molecule has 0 saturated carbocycles. The Kier molecular flexibility index (Phi) is 2.49. The Morgan fingerprint density at radius 1 is 1.24 bits per heavy atom. The molecule has 1 aliphatic heterocycles. The van der Waals surface area contributed by atoms with E-state index in [0.717, 1.165) is 28.0 Å². The quantitative estimate of drug-likeness (QED) is 0.866. The molecule has 1 heterocycles. The zero-order valence-corrected chi connectivity index (χ0v) is 10.7. The molecular formula is C13H12BrNO2. The van der Waals surface area contributed by atoms with E-state index >= 15 is 0 Å². The number of ether oxygens (including phenoxy) is 2. The van der Waals surface area contributed by atoms with Crippen LogP contribution in [0.1, 0.15) is 12.0 Å². The minimum absolute atomic E-state index is 0.289. The molecule has 0 amide bonds. The summed E-state index contributed by atoms with van der Waals surface area (Å²) in [7, 11) is 0. The van der Waals surface area contributed by atoms with Gasteiger partial charge < -0.3 is 15.2 Å². The van der Waals surface area contributed by atoms with E-state index in [2.05, 4.69) is 22.0 Å². The topological polar surface area (TPSA) is 44.5 Å². The third-order valence-electron chi connectivity index (χ3n) is 3.08. The summed E-state index contributed by atoms with van der Waals surface area (Å²) in [6, 6.07) is 5.86. The van der Waals surface area contributed by atoms with E-state index in [-0.39, 0.29) is 6.79 Å². The van der Waals surface area contributed by atoms with Crippen LogP contribution in [0, 0.1) is 0 Å². The van der Waals surface area contributed by atoms with Crippen LogP contribution in [0.25, 0.3) is 0 Å². The van der Waals surface area contributed by atoms with Gasteiger partial charge in [0.1, 0.15) is 0 Å². The summed E-state index contributed by atoms with van der Waals surface area (Å²) in [6.45, 7) is 0.289. The predicted octanol–water partition coefficient (Wildman–Crippen LogP) is 2.81. The first kappa shape index (κ1) is 10.9. The van der Waals surface area contributed by atoms with Crippen LogP contribution in [0.2, 0.25) is 0 Å². The Labute approximate surface area is 108 Å². The number of hydrogen-bond donors (Lipinski definition) is 1. The number of rotatable bonds is 1. The first-order valence-electron chi connectivity index (χ1n) is 5.41. The van der Waals surface area contributed by atoms with Gasteiger partial charge in [-0.05, 0) is 24.1 Å². The second-order valence-electron chi connectivity index (χ2n) is 4.23. The fraction of sp³-hybridized carbons (Fsp3) is 0.231. The fourth-order valence-corrected chi connectivity index (χ4v) is 2.32. The molecule has 0 fully saturated rings. The average molecular weight is 294 g/mol. The zero-order valence-electron chi connectivity index (χ0n) is 9.15. The third kappa shape index (κ3) is 1.87. The number of nitrogens with two attached hydrogens (primary N) is 1. The fourth-order valence-electron chi connectivity index (χ4n) is 2.03. The van der Waals surface area contributed by atoms with Gasteiger partial charge in [-0.2, -0.15) is 0 Å². The van der Waals surface area contributed by atoms with Gasteiger partial charge in [-0.1, -0.05) is 40.2 Å². The molecule has 0 bridgehead atoms. The van der Waals surface area contributed by atoms with Crippen molar-refractivity contribution in [1.29, 1.82) is 0 Å². The van der Waals surface area contributed by atoms with Crippen LogP contribution in [-0.4, -0.2) is 6.79 Å². The lowest BCUT2D eigenvalue weighted by molar-refractivity contribution is 0.174. The number of fused-ring (bicyclic) bond motifs is 1. The third-order valence-corrected chi connectivity index (χ3v) is 3.67. The van der Waals surface area contributed by atoms with E-state index in [4.69, 9.17) is 15.2 Å². The summed E-state index contributed by atoms with van der Waals surface area (Å²) in [6.07, 6.45) is 6.83. The van der Waals surface area contributed by atoms with Crippen molar-refractivity contribution in [3.63, 3.8) is 0 Å². The molecule has 2 N–H and O–H groups in total. The summed E-state index contributed by atoms with van der Waals surface area (Å²) in [5, 5.41) is 0. The van der Waals surface area contributed by atoms with Crippen molar-refractivity contribution in [1.82, 2.24) is 0 Å². The van der Waals surface area contributed by atoms with Crippen LogP contribution in [0.15, 0.2) is 40.9 Å². The molecule has 1 aromatic rings. The smallest absolute Gasteiger partial charge is 0.231 e. The number of benzene rings is 1. The van der Waals surface area contributed by atoms with Crippen LogP contribution in [0.3, 0.4) is 0 Å². The highest BCUT2D eigenvalue weighted by Crippen LogP contribution is 2.38. The molecule has 1 aromatic carbocycles. The van der Waals surface area contributed by atoms with Crippen LogP contribution < -0.4 is 15.2 Å². The van der Waals surface area contributed by atoms with E-state index in [1.807, 2.05) is 30.4 Å². The van der Waals surface area contributed by atoms with Crippen molar-refractivity contribution < 1.29 is 9.47 Å². The summed E-state index contributed by atoms with van der Waals surface area (Å²) >= 11 is 3.44. The lowest BCUT2D eigenvalue weighted by Gasteiger charge is -2.27. The predicted molar refractivity (Wildman–Crippen MR) is 69.2 cm³/mol. The molecule has 3 rings (SSSR count). The van der Waals surface area contributed by atoms with Gasteiger partial charge in [0.25, 0.3) is 0 Å². The molecule has 88 valence electrons. The summed E-state index contributed by atoms with van der Waals surface area (Å²) in [4.78, 5) is 0. The Bertz CT molecular complexity index is 524. The largest absolute Gasteiger partial charge is 0.454 e. The van der Waals surface area contributed by atoms with Crippen LogP contribution in [-0.2, 0) is 5.54 Å². The molecule has 4 heteroatoms. The maximum Gasteiger partial charge on any atom is 0.231 e. The van der Waals surface area contributed by atoms with E-state index < -0.39 is 5.54 Å². The SMILES string of the molecule is NC1(c2ccc3c(c2)OCO3)C=CC(Br)=CC1. The standard InChI is InChI=1S/C13H12BrNO2/c14-10-3-5-13(15,6-4-10)9-1-2-11-12(7-9)17-8-16-11/h1-5,7H,6,8,15H2. The van der Waals surface area contributed by atoms with Crippen LogP contribution in [0.4, 0.5) is 0 Å². The van der Waals surface area contributed by atoms with Gasteiger partial charge in [0.05, 0.1) is 5.54 Å². The summed E-state index contributed by atoms with van der Waals surface area (Å²) in [5.41, 5.74) is 6.96. The van der Waals surface area contributed by atoms with Gasteiger partial charge in [0.15, 0.2) is 11.5 Å². The molecule has 17 heavy (non-hydrogen) atoms. The first-order chi connectivity index (χ1) is 8.17. The molecule has 2 aliphatic rings. The molecule has 3 nitrogen and oxygen atoms in total. The Morgan fingerprint density at radius 3 is 2.82 bits per heavy atom. The van der Waals surface area contributed by atoms with Crippen molar-refractivity contribution in [3.05, 3.63) is 46.5 Å². The zero-order chi connectivity index (χ0) is 11.9. The second-order valence-corrected chi connectivity index (χ2v) is 5.15. The molecule has 0 radical (unpaired) electrons. The number of halogens is 1. The molecule has 1 unspecified atom stereocenters. The average Bonchev–Trinajstić information content (AvgIpc) is 2.80. The Hall–Kier alpha value is -1.26. The van der Waals surface area contributed by atoms with E-state index in [1.54, 1.807) is 0 Å². The molecule has 0 saturated heterocycles. The van der Waals surface area contributed by atoms with Crippen molar-refractivity contribution in [2.75, 3.05) is 6.79 Å². The Balaban J connectivity index is 1.97. The monoisotopic (exact) mass is 293 g/mol. The van der Waals surface area contributed by atoms with Gasteiger partial charge in [0.2, 0.25) is 6.79 Å². The second kappa shape index (κ2) is 3.89. The van der Waals surface area contributed by atoms with Crippen LogP contribution >= 0.6 is 15.9 Å². The number of allylic oxidation sites excluding steroid dienone is 2. The highest BCUT2D eigenvalue weighted by molar-refractivity contribution is 9.11. The molecular weight excluding hydrogens is 282 g/mol. The number of hydrogen-bond acceptors (Lipinski definition) is 3.